The van der Waals surface area contributed by atoms with Crippen LogP contribution in [0.2, 0.25) is 0 Å². The van der Waals surface area contributed by atoms with Crippen molar-refractivity contribution >= 4 is 27.5 Å². The van der Waals surface area contributed by atoms with E-state index in [0.29, 0.717) is 11.3 Å². The molecule has 29 heavy (non-hydrogen) atoms. The van der Waals surface area contributed by atoms with Crippen molar-refractivity contribution in [3.8, 4) is 11.9 Å². The number of carbonyl (C=O) groups excluding carboxylic acids is 1. The lowest BCUT2D eigenvalue weighted by molar-refractivity contribution is 0.101. The fourth-order valence-corrected chi connectivity index (χ4v) is 5.03. The van der Waals surface area contributed by atoms with Gasteiger partial charge >= 0.3 is 0 Å². The van der Waals surface area contributed by atoms with Crippen molar-refractivity contribution < 1.29 is 18.3 Å². The average molecular weight is 413 g/mol. The summed E-state index contributed by atoms with van der Waals surface area (Å²) in [6, 6.07) is 7.60. The van der Waals surface area contributed by atoms with Gasteiger partial charge in [-0.2, -0.15) is 5.26 Å². The smallest absolute Gasteiger partial charge is 0.271 e. The van der Waals surface area contributed by atoms with E-state index in [1.54, 1.807) is 24.3 Å². The molecule has 0 radical (unpaired) electrons. The Kier molecular flexibility index (Phi) is 5.40. The molecule has 8 nitrogen and oxygen atoms in total. The Morgan fingerprint density at radius 1 is 1.34 bits per heavy atom. The number of benzene rings is 1. The summed E-state index contributed by atoms with van der Waals surface area (Å²) in [7, 11) is -3.30. The second-order valence-corrected chi connectivity index (χ2v) is 9.17. The zero-order valence-corrected chi connectivity index (χ0v) is 16.7. The predicted octanol–water partition coefficient (Wildman–Crippen LogP) is 2.05. The molecule has 1 aromatic heterocycles. The zero-order valence-electron chi connectivity index (χ0n) is 15.9. The van der Waals surface area contributed by atoms with Crippen molar-refractivity contribution in [3.05, 3.63) is 56.9 Å². The van der Waals surface area contributed by atoms with Crippen LogP contribution in [0.25, 0.3) is 0 Å². The van der Waals surface area contributed by atoms with Crippen LogP contribution in [-0.4, -0.2) is 41.6 Å². The Bertz CT molecular complexity index is 1220. The summed E-state index contributed by atoms with van der Waals surface area (Å²) in [6.45, 7) is 2.98. The van der Waals surface area contributed by atoms with E-state index >= 15 is 0 Å². The quantitative estimate of drug-likeness (QED) is 0.603. The molecule has 1 N–H and O–H groups in total. The average Bonchev–Trinajstić information content (AvgIpc) is 3.01. The maximum absolute atomic E-state index is 12.7. The number of sulfone groups is 1. The molecule has 1 saturated heterocycles. The van der Waals surface area contributed by atoms with E-state index in [2.05, 4.69) is 4.99 Å². The first-order chi connectivity index (χ1) is 13.6. The molecule has 0 spiro atoms. The van der Waals surface area contributed by atoms with Crippen LogP contribution in [0.1, 0.15) is 46.4 Å². The molecule has 9 heteroatoms. The van der Waals surface area contributed by atoms with E-state index in [-0.39, 0.29) is 40.4 Å². The largest absolute Gasteiger partial charge is 0.494 e. The number of pyridine rings is 1. The topological polar surface area (TPSA) is 130 Å². The molecule has 0 saturated carbocycles. The van der Waals surface area contributed by atoms with Gasteiger partial charge in [-0.25, -0.2) is 8.42 Å². The number of nitrogens with zero attached hydrogens (tertiary/aromatic N) is 3. The van der Waals surface area contributed by atoms with Gasteiger partial charge in [0.05, 0.1) is 28.8 Å². The lowest BCUT2D eigenvalue weighted by Crippen LogP contribution is -2.29. The summed E-state index contributed by atoms with van der Waals surface area (Å²) < 4.78 is 24.6. The van der Waals surface area contributed by atoms with Crippen LogP contribution in [-0.2, 0) is 9.84 Å². The van der Waals surface area contributed by atoms with Crippen LogP contribution >= 0.6 is 0 Å². The maximum atomic E-state index is 12.7. The molecular formula is C20H19N3O5S. The molecule has 1 atom stereocenters. The van der Waals surface area contributed by atoms with Crippen molar-refractivity contribution in [1.29, 1.82) is 5.26 Å². The Hall–Kier alpha value is -3.25. The highest BCUT2D eigenvalue weighted by Crippen LogP contribution is 2.29. The van der Waals surface area contributed by atoms with E-state index in [1.807, 2.05) is 6.07 Å². The third kappa shape index (κ3) is 3.98. The van der Waals surface area contributed by atoms with Gasteiger partial charge in [-0.05, 0) is 50.1 Å². The maximum Gasteiger partial charge on any atom is 0.271 e. The minimum absolute atomic E-state index is 0.0775. The second-order valence-electron chi connectivity index (χ2n) is 6.94. The molecule has 1 aromatic carbocycles. The Balaban J connectivity index is 2.09. The molecule has 0 unspecified atom stereocenters. The van der Waals surface area contributed by atoms with Crippen molar-refractivity contribution in [1.82, 2.24) is 4.57 Å². The molecule has 1 aliphatic heterocycles. The number of hydrogen-bond donors (Lipinski definition) is 1. The SMILES string of the molecule is CC(=O)c1ccc(N=Cc2c(C)c(C#N)c(=O)n([C@@H]3CCS(=O)(=O)C3)c2O)cc1. The summed E-state index contributed by atoms with van der Waals surface area (Å²) in [4.78, 5) is 28.3. The van der Waals surface area contributed by atoms with E-state index in [9.17, 15) is 28.4 Å². The zero-order chi connectivity index (χ0) is 21.3. The molecule has 2 aromatic rings. The van der Waals surface area contributed by atoms with Crippen LogP contribution in [0.3, 0.4) is 0 Å². The Morgan fingerprint density at radius 2 is 2.00 bits per heavy atom. The van der Waals surface area contributed by atoms with Crippen LogP contribution in [0.5, 0.6) is 5.88 Å². The highest BCUT2D eigenvalue weighted by molar-refractivity contribution is 7.91. The standard InChI is InChI=1S/C20H19N3O5S/c1-12-17(9-21)19(25)23(16-7-8-29(27,28)11-16)20(26)18(12)10-22-15-5-3-14(4-6-15)13(2)24/h3-6,10,16,26H,7-8,11H2,1-2H3/t16-/m1/s1. The molecule has 2 heterocycles. The third-order valence-electron chi connectivity index (χ3n) is 4.98. The Labute approximate surface area is 167 Å². The Morgan fingerprint density at radius 3 is 2.52 bits per heavy atom. The third-order valence-corrected chi connectivity index (χ3v) is 6.73. The number of rotatable bonds is 4. The number of ketones is 1. The monoisotopic (exact) mass is 413 g/mol. The van der Waals surface area contributed by atoms with Crippen LogP contribution in [0, 0.1) is 18.3 Å². The summed E-state index contributed by atoms with van der Waals surface area (Å²) in [5.74, 6) is -0.841. The van der Waals surface area contributed by atoms with E-state index in [4.69, 9.17) is 0 Å². The summed E-state index contributed by atoms with van der Waals surface area (Å²) in [5, 5.41) is 20.1. The van der Waals surface area contributed by atoms with E-state index in [0.717, 1.165) is 4.57 Å². The number of aromatic hydroxyl groups is 1. The van der Waals surface area contributed by atoms with Gasteiger partial charge in [0.25, 0.3) is 5.56 Å². The molecule has 1 aliphatic rings. The molecule has 150 valence electrons. The molecule has 0 aliphatic carbocycles. The summed E-state index contributed by atoms with van der Waals surface area (Å²) in [5.41, 5.74) is 0.588. The first-order valence-electron chi connectivity index (χ1n) is 8.88. The van der Waals surface area contributed by atoms with E-state index < -0.39 is 27.3 Å². The van der Waals surface area contributed by atoms with Crippen LogP contribution < -0.4 is 5.56 Å². The first kappa shape index (κ1) is 20.5. The van der Waals surface area contributed by atoms with Crippen molar-refractivity contribution in [2.24, 2.45) is 4.99 Å². The van der Waals surface area contributed by atoms with Gasteiger partial charge in [0.2, 0.25) is 5.88 Å². The van der Waals surface area contributed by atoms with Crippen molar-refractivity contribution in [2.75, 3.05) is 11.5 Å². The van der Waals surface area contributed by atoms with Crippen LogP contribution in [0.15, 0.2) is 34.1 Å². The van der Waals surface area contributed by atoms with Gasteiger partial charge in [0.1, 0.15) is 11.6 Å². The fourth-order valence-electron chi connectivity index (χ4n) is 3.33. The predicted molar refractivity (Wildman–Crippen MR) is 108 cm³/mol. The fraction of sp³-hybridized carbons (Fsp3) is 0.300. The van der Waals surface area contributed by atoms with Gasteiger partial charge in [0, 0.05) is 11.8 Å². The molecule has 1 fully saturated rings. The minimum Gasteiger partial charge on any atom is -0.494 e. The van der Waals surface area contributed by atoms with Crippen molar-refractivity contribution in [2.45, 2.75) is 26.3 Å². The lowest BCUT2D eigenvalue weighted by atomic mass is 10.0. The first-order valence-corrected chi connectivity index (χ1v) is 10.7. The van der Waals surface area contributed by atoms with Gasteiger partial charge in [-0.15, -0.1) is 0 Å². The minimum atomic E-state index is -3.30. The summed E-state index contributed by atoms with van der Waals surface area (Å²) in [6.07, 6.45) is 1.51. The molecular weight excluding hydrogens is 394 g/mol. The molecule has 0 bridgehead atoms. The normalized spacial score (nSPS) is 18.0. The van der Waals surface area contributed by atoms with E-state index in [1.165, 1.54) is 20.1 Å². The number of hydrogen-bond acceptors (Lipinski definition) is 7. The van der Waals surface area contributed by atoms with Gasteiger partial charge < -0.3 is 5.11 Å². The number of Topliss-reactive ketones (excluding diaryl/α,β-unsaturated/α-hetero) is 1. The van der Waals surface area contributed by atoms with Crippen molar-refractivity contribution in [3.63, 3.8) is 0 Å². The molecule has 3 rings (SSSR count). The number of aliphatic imine (C=N–C) groups is 1. The highest BCUT2D eigenvalue weighted by atomic mass is 32.2. The van der Waals surface area contributed by atoms with Gasteiger partial charge in [0.15, 0.2) is 15.6 Å². The summed E-state index contributed by atoms with van der Waals surface area (Å²) >= 11 is 0. The second kappa shape index (κ2) is 7.64. The van der Waals surface area contributed by atoms with Crippen LogP contribution in [0.4, 0.5) is 5.69 Å². The number of carbonyl (C=O) groups is 1. The van der Waals surface area contributed by atoms with Gasteiger partial charge in [-0.1, -0.05) is 0 Å². The molecule has 0 amide bonds. The highest BCUT2D eigenvalue weighted by Gasteiger charge is 2.33. The van der Waals surface area contributed by atoms with Gasteiger partial charge in [-0.3, -0.25) is 19.1 Å². The number of nitriles is 1. The number of aromatic nitrogens is 1. The lowest BCUT2D eigenvalue weighted by Gasteiger charge is -2.18.